The predicted octanol–water partition coefficient (Wildman–Crippen LogP) is 13.9. The summed E-state index contributed by atoms with van der Waals surface area (Å²) in [6.45, 7) is 25.3. The van der Waals surface area contributed by atoms with Gasteiger partial charge in [0.2, 0.25) is 0 Å². The molecule has 3 aromatic carbocycles. The van der Waals surface area contributed by atoms with Crippen molar-refractivity contribution in [3.8, 4) is 12.1 Å². The Balaban J connectivity index is 0.000000133. The van der Waals surface area contributed by atoms with Crippen LogP contribution < -0.4 is 21.3 Å². The van der Waals surface area contributed by atoms with Crippen LogP contribution in [0.25, 0.3) is 0 Å². The second-order valence-corrected chi connectivity index (χ2v) is 29.5. The van der Waals surface area contributed by atoms with Gasteiger partial charge in [0.15, 0.2) is 16.8 Å². The van der Waals surface area contributed by atoms with Crippen molar-refractivity contribution < 1.29 is 32.3 Å². The summed E-state index contributed by atoms with van der Waals surface area (Å²) in [6.07, 6.45) is 9.27. The lowest BCUT2D eigenvalue weighted by Gasteiger charge is -2.29. The van der Waals surface area contributed by atoms with Crippen LogP contribution in [0, 0.1) is 53.0 Å². The van der Waals surface area contributed by atoms with E-state index in [1.54, 1.807) is 32.9 Å². The smallest absolute Gasteiger partial charge is 0.320 e. The summed E-state index contributed by atoms with van der Waals surface area (Å²) >= 11 is 5.69. The minimum atomic E-state index is -0.713. The molecule has 0 bridgehead atoms. The maximum Gasteiger partial charge on any atom is 0.322 e. The normalized spacial score (nSPS) is 17.4. The minimum Gasteiger partial charge on any atom is -0.320 e. The fourth-order valence-electron chi connectivity index (χ4n) is 13.7. The van der Waals surface area contributed by atoms with Gasteiger partial charge < -0.3 is 40.9 Å². The molecular formula is C72H83ClF3N19O4. The first-order chi connectivity index (χ1) is 47.0. The Bertz CT molecular complexity index is 4450. The number of carbonyl (C=O) groups is 4. The highest BCUT2D eigenvalue weighted by molar-refractivity contribution is 6.29. The molecule has 6 aliphatic rings. The topological polar surface area (TPSA) is 305 Å². The van der Waals surface area contributed by atoms with Crippen LogP contribution in [-0.4, -0.2) is 116 Å². The number of nitrogens with one attached hydrogen (secondary N) is 8. The first-order valence-corrected chi connectivity index (χ1v) is 33.7. The van der Waals surface area contributed by atoms with Crippen LogP contribution in [0.5, 0.6) is 0 Å². The van der Waals surface area contributed by atoms with Gasteiger partial charge in [-0.05, 0) is 86.2 Å². The van der Waals surface area contributed by atoms with E-state index in [-0.39, 0.29) is 73.4 Å². The monoisotopic (exact) mass is 1370 g/mol. The third kappa shape index (κ3) is 15.4. The number of hydrogen-bond donors (Lipinski definition) is 8. The number of nitriles is 2. The molecule has 2 unspecified atom stereocenters. The number of halogens is 4. The van der Waals surface area contributed by atoms with Crippen LogP contribution in [0.15, 0.2) is 72.9 Å². The summed E-state index contributed by atoms with van der Waals surface area (Å²) in [7, 11) is 0. The summed E-state index contributed by atoms with van der Waals surface area (Å²) in [4.78, 5) is 60.8. The van der Waals surface area contributed by atoms with Crippen molar-refractivity contribution in [1.29, 1.82) is 10.5 Å². The summed E-state index contributed by atoms with van der Waals surface area (Å²) in [5, 5.41) is 58.8. The average Bonchev–Trinajstić information content (AvgIpc) is 1.54. The van der Waals surface area contributed by atoms with Gasteiger partial charge in [0.05, 0.1) is 71.5 Å². The molecule has 2 aliphatic carbocycles. The van der Waals surface area contributed by atoms with E-state index in [4.69, 9.17) is 22.1 Å². The van der Waals surface area contributed by atoms with E-state index in [1.165, 1.54) is 73.8 Å². The van der Waals surface area contributed by atoms with Crippen LogP contribution in [0.1, 0.15) is 172 Å². The molecule has 8 N–H and O–H groups in total. The SMILES string of the molecule is CC(C)(C)c1n[nH]c2c1CN(C(=O)Nc1ccc(F)c(C#N)c1)CC2.CC(C)(C)c1n[nH]c2c1CN(C(=O)Nc1cccc(C#N)c1F)CC2.Cc1cccc(NC(=O)N2CCc3[nH]nc(C(C)(C)C)c3C2)c1.O=C(Nc1ccnc(Cl)c1F)N1CCc2[nH]nc(C34CCCC3C4)c2C1. The molecule has 2 atom stereocenters. The molecule has 2 fully saturated rings. The maximum atomic E-state index is 14.1. The van der Waals surface area contributed by atoms with E-state index >= 15 is 0 Å². The molecule has 9 heterocycles. The average molecular weight is 1370 g/mol. The van der Waals surface area contributed by atoms with E-state index in [0.717, 1.165) is 92.3 Å². The van der Waals surface area contributed by atoms with Gasteiger partial charge in [-0.25, -0.2) is 37.3 Å². The Hall–Kier alpha value is -10.2. The van der Waals surface area contributed by atoms with Crippen LogP contribution in [0.4, 0.5) is 55.1 Å². The zero-order valence-electron chi connectivity index (χ0n) is 57.4. The van der Waals surface area contributed by atoms with Crippen LogP contribution in [0.2, 0.25) is 5.15 Å². The molecule has 0 saturated heterocycles. The Labute approximate surface area is 578 Å². The third-order valence-corrected chi connectivity index (χ3v) is 19.2. The Morgan fingerprint density at radius 3 is 1.45 bits per heavy atom. The number of benzene rings is 3. The number of pyridine rings is 1. The first kappa shape index (κ1) is 70.1. The molecule has 14 rings (SSSR count). The van der Waals surface area contributed by atoms with Crippen LogP contribution >= 0.6 is 11.6 Å². The van der Waals surface area contributed by atoms with E-state index in [0.29, 0.717) is 70.9 Å². The first-order valence-electron chi connectivity index (χ1n) is 33.3. The van der Waals surface area contributed by atoms with E-state index in [1.807, 2.05) is 36.1 Å². The van der Waals surface area contributed by atoms with Crippen molar-refractivity contribution in [2.45, 2.75) is 168 Å². The third-order valence-electron chi connectivity index (χ3n) is 18.9. The van der Waals surface area contributed by atoms with Crippen molar-refractivity contribution in [2.24, 2.45) is 5.92 Å². The summed E-state index contributed by atoms with van der Waals surface area (Å²) in [6, 6.07) is 20.1. The van der Waals surface area contributed by atoms with Gasteiger partial charge in [-0.3, -0.25) is 20.4 Å². The van der Waals surface area contributed by atoms with E-state index in [9.17, 15) is 32.3 Å². The number of aryl methyl sites for hydroxylation is 1. The Morgan fingerprint density at radius 2 is 1.00 bits per heavy atom. The number of aromatic amines is 4. The molecular weight excluding hydrogens is 1290 g/mol. The van der Waals surface area contributed by atoms with Gasteiger partial charge in [-0.15, -0.1) is 0 Å². The molecule has 4 aliphatic heterocycles. The van der Waals surface area contributed by atoms with Crippen LogP contribution in [-0.2, 0) is 73.5 Å². The molecule has 99 heavy (non-hydrogen) atoms. The van der Waals surface area contributed by atoms with Gasteiger partial charge in [0, 0.05) is 136 Å². The van der Waals surface area contributed by atoms with Gasteiger partial charge in [-0.1, -0.05) is 98.5 Å². The van der Waals surface area contributed by atoms with Gasteiger partial charge >= 0.3 is 24.1 Å². The van der Waals surface area contributed by atoms with Crippen molar-refractivity contribution >= 4 is 58.5 Å². The predicted molar refractivity (Wildman–Crippen MR) is 369 cm³/mol. The minimum absolute atomic E-state index is 0.0121. The highest BCUT2D eigenvalue weighted by Crippen LogP contribution is 2.65. The number of fused-ring (bicyclic) bond motifs is 5. The number of hydrogen-bond acceptors (Lipinski definition) is 11. The van der Waals surface area contributed by atoms with Crippen molar-refractivity contribution in [2.75, 3.05) is 47.4 Å². The summed E-state index contributed by atoms with van der Waals surface area (Å²) < 4.78 is 41.5. The molecule has 0 radical (unpaired) electrons. The van der Waals surface area contributed by atoms with Gasteiger partial charge in [0.1, 0.15) is 18.0 Å². The number of nitrogens with zero attached hydrogens (tertiary/aromatic N) is 11. The lowest BCUT2D eigenvalue weighted by atomic mass is 9.87. The molecule has 23 nitrogen and oxygen atoms in total. The number of aromatic nitrogens is 9. The van der Waals surface area contributed by atoms with E-state index < -0.39 is 17.5 Å². The zero-order valence-corrected chi connectivity index (χ0v) is 58.1. The summed E-state index contributed by atoms with van der Waals surface area (Å²) in [5.41, 5.74) is 15.2. The molecule has 27 heteroatoms. The second-order valence-electron chi connectivity index (χ2n) is 29.1. The Kier molecular flexibility index (Phi) is 20.1. The lowest BCUT2D eigenvalue weighted by Crippen LogP contribution is -2.39. The molecule has 8 amide bonds. The zero-order chi connectivity index (χ0) is 70.9. The molecule has 5 aromatic heterocycles. The molecule has 2 saturated carbocycles. The number of amides is 8. The van der Waals surface area contributed by atoms with Gasteiger partial charge in [0.25, 0.3) is 0 Å². The highest BCUT2D eigenvalue weighted by atomic mass is 35.5. The number of carbonyl (C=O) groups excluding carboxylic acids is 4. The number of urea groups is 4. The summed E-state index contributed by atoms with van der Waals surface area (Å²) in [5.74, 6) is -1.27. The van der Waals surface area contributed by atoms with Crippen molar-refractivity contribution in [3.05, 3.63) is 180 Å². The number of H-pyrrole nitrogens is 4. The number of rotatable bonds is 5. The van der Waals surface area contributed by atoms with Gasteiger partial charge in [-0.2, -0.15) is 30.9 Å². The lowest BCUT2D eigenvalue weighted by molar-refractivity contribution is 0.205. The molecule has 0 spiro atoms. The highest BCUT2D eigenvalue weighted by Gasteiger charge is 2.60. The quantitative estimate of drug-likeness (QED) is 0.0749. The Morgan fingerprint density at radius 1 is 0.556 bits per heavy atom. The molecule has 8 aromatic rings. The van der Waals surface area contributed by atoms with Crippen molar-refractivity contribution in [3.63, 3.8) is 0 Å². The van der Waals surface area contributed by atoms with Crippen LogP contribution in [0.3, 0.4) is 0 Å². The molecule has 518 valence electrons. The number of anilines is 4. The van der Waals surface area contributed by atoms with E-state index in [2.05, 4.69) is 129 Å². The maximum absolute atomic E-state index is 14.1. The second kappa shape index (κ2) is 28.3. The van der Waals surface area contributed by atoms with Crippen molar-refractivity contribution in [1.82, 2.24) is 65.4 Å². The fraction of sp³-hybridized carbons (Fsp3) is 0.431. The largest absolute Gasteiger partial charge is 0.322 e. The fourth-order valence-corrected chi connectivity index (χ4v) is 13.9. The standard InChI is InChI=1S/C18H19ClFN5O.2C18H20FN5O.C18H24N4O/c19-16-14(20)13(3-6-21-16)22-17(26)25-7-4-12-11(9-25)15(24-23-12)18-5-1-2-10(18)8-18;1-18(2,3)16-13-10-24(7-6-15(13)22-23-16)17(25)21-12-4-5-14(19)11(8-12)9-20;1-18(2,3)16-12-10-24(8-7-13(12)22-23-16)17(25)21-14-6-4-5-11(9-20)15(14)19;1-12-6-5-7-13(10-12)19-17(23)22-9-8-15-14(11-22)16(21-20-15)18(2,3)4/h3,6,10H,1-2,4-5,7-9H2,(H,23,24)(H,21,22,26);4-5,8H,6-7,10H2,1-3H3,(H,21,25)(H,22,23);4-6H,7-8,10H2,1-3H3,(H,21,25)(H,22,23);5-7,10H,8-9,11H2,1-4H3,(H,19,23)(H,20,21).